The molecule has 1 aromatic rings. The Kier molecular flexibility index (Phi) is 4.69. The summed E-state index contributed by atoms with van der Waals surface area (Å²) in [5, 5.41) is 0. The van der Waals surface area contributed by atoms with Crippen molar-refractivity contribution in [2.75, 3.05) is 26.8 Å². The molecule has 0 aliphatic heterocycles. The number of methoxy groups -OCH3 is 1. The predicted octanol–water partition coefficient (Wildman–Crippen LogP) is 1.94. The summed E-state index contributed by atoms with van der Waals surface area (Å²) in [5.74, 6) is -0.201. The summed E-state index contributed by atoms with van der Waals surface area (Å²) in [6, 6.07) is 7.41. The summed E-state index contributed by atoms with van der Waals surface area (Å²) >= 11 is 0. The largest absolute Gasteiger partial charge is 0.383 e. The van der Waals surface area contributed by atoms with Gasteiger partial charge < -0.3 is 10.5 Å². The lowest BCUT2D eigenvalue weighted by Crippen LogP contribution is -2.37. The molecule has 0 radical (unpaired) electrons. The van der Waals surface area contributed by atoms with Crippen LogP contribution in [0.5, 0.6) is 0 Å². The SMILES string of the molecule is COCCN(C1CC1)C(CN)c1cccc(F)c1. The van der Waals surface area contributed by atoms with E-state index in [2.05, 4.69) is 4.90 Å². The van der Waals surface area contributed by atoms with Gasteiger partial charge in [-0.1, -0.05) is 12.1 Å². The second kappa shape index (κ2) is 6.27. The van der Waals surface area contributed by atoms with Gasteiger partial charge in [0, 0.05) is 32.3 Å². The number of hydrogen-bond donors (Lipinski definition) is 1. The zero-order chi connectivity index (χ0) is 13.0. The van der Waals surface area contributed by atoms with E-state index in [0.29, 0.717) is 19.2 Å². The van der Waals surface area contributed by atoms with Crippen molar-refractivity contribution in [1.82, 2.24) is 4.90 Å². The number of ether oxygens (including phenoxy) is 1. The molecule has 0 amide bonds. The molecule has 4 heteroatoms. The number of benzene rings is 1. The summed E-state index contributed by atoms with van der Waals surface area (Å²) in [5.41, 5.74) is 6.85. The van der Waals surface area contributed by atoms with Crippen molar-refractivity contribution >= 4 is 0 Å². The zero-order valence-corrected chi connectivity index (χ0v) is 10.8. The average Bonchev–Trinajstić information content (AvgIpc) is 3.18. The van der Waals surface area contributed by atoms with Crippen LogP contribution in [-0.4, -0.2) is 37.7 Å². The zero-order valence-electron chi connectivity index (χ0n) is 10.8. The van der Waals surface area contributed by atoms with Gasteiger partial charge in [-0.2, -0.15) is 0 Å². The molecule has 1 aromatic carbocycles. The Bertz CT molecular complexity index is 382. The van der Waals surface area contributed by atoms with Crippen molar-refractivity contribution in [3.8, 4) is 0 Å². The van der Waals surface area contributed by atoms with E-state index in [0.717, 1.165) is 12.1 Å². The first kappa shape index (κ1) is 13.5. The molecule has 1 unspecified atom stereocenters. The number of hydrogen-bond acceptors (Lipinski definition) is 3. The van der Waals surface area contributed by atoms with E-state index in [4.69, 9.17) is 10.5 Å². The highest BCUT2D eigenvalue weighted by molar-refractivity contribution is 5.21. The smallest absolute Gasteiger partial charge is 0.123 e. The molecule has 0 aromatic heterocycles. The van der Waals surface area contributed by atoms with Crippen LogP contribution < -0.4 is 5.73 Å². The topological polar surface area (TPSA) is 38.5 Å². The number of nitrogens with two attached hydrogens (primary N) is 1. The van der Waals surface area contributed by atoms with Crippen molar-refractivity contribution in [1.29, 1.82) is 0 Å². The first-order valence-corrected chi connectivity index (χ1v) is 6.46. The molecule has 3 nitrogen and oxygen atoms in total. The van der Waals surface area contributed by atoms with Gasteiger partial charge in [0.1, 0.15) is 5.82 Å². The standard InChI is InChI=1S/C14H21FN2O/c1-18-8-7-17(13-5-6-13)14(10-16)11-3-2-4-12(15)9-11/h2-4,9,13-14H,5-8,10,16H2,1H3. The van der Waals surface area contributed by atoms with E-state index in [1.165, 1.54) is 18.9 Å². The lowest BCUT2D eigenvalue weighted by Gasteiger charge is -2.31. The van der Waals surface area contributed by atoms with Crippen LogP contribution in [0.4, 0.5) is 4.39 Å². The molecule has 2 N–H and O–H groups in total. The van der Waals surface area contributed by atoms with Gasteiger partial charge in [-0.3, -0.25) is 4.90 Å². The van der Waals surface area contributed by atoms with E-state index >= 15 is 0 Å². The molecule has 0 heterocycles. The molecular weight excluding hydrogens is 231 g/mol. The minimum absolute atomic E-state index is 0.0864. The molecule has 0 spiro atoms. The Hall–Kier alpha value is -0.970. The maximum atomic E-state index is 13.3. The van der Waals surface area contributed by atoms with Crippen LogP contribution in [0.3, 0.4) is 0 Å². The van der Waals surface area contributed by atoms with Gasteiger partial charge in [0.2, 0.25) is 0 Å². The quantitative estimate of drug-likeness (QED) is 0.806. The second-order valence-electron chi connectivity index (χ2n) is 4.77. The number of halogens is 1. The summed E-state index contributed by atoms with van der Waals surface area (Å²) in [6.45, 7) is 2.03. The van der Waals surface area contributed by atoms with Crippen molar-refractivity contribution in [3.63, 3.8) is 0 Å². The maximum absolute atomic E-state index is 13.3. The van der Waals surface area contributed by atoms with Crippen LogP contribution in [0.2, 0.25) is 0 Å². The third-order valence-electron chi connectivity index (χ3n) is 3.43. The number of nitrogens with zero attached hydrogens (tertiary/aromatic N) is 1. The Balaban J connectivity index is 2.13. The molecule has 1 aliphatic rings. The molecule has 1 saturated carbocycles. The summed E-state index contributed by atoms with van der Waals surface area (Å²) in [4.78, 5) is 2.35. The third-order valence-corrected chi connectivity index (χ3v) is 3.43. The Morgan fingerprint density at radius 3 is 2.83 bits per heavy atom. The molecule has 100 valence electrons. The first-order valence-electron chi connectivity index (χ1n) is 6.46. The van der Waals surface area contributed by atoms with Crippen LogP contribution in [0.1, 0.15) is 24.4 Å². The van der Waals surface area contributed by atoms with Gasteiger partial charge in [0.05, 0.1) is 6.61 Å². The molecular formula is C14H21FN2O. The Morgan fingerprint density at radius 2 is 2.28 bits per heavy atom. The summed E-state index contributed by atoms with van der Waals surface area (Å²) in [7, 11) is 1.70. The molecule has 2 rings (SSSR count). The molecule has 0 saturated heterocycles. The minimum atomic E-state index is -0.201. The van der Waals surface area contributed by atoms with Gasteiger partial charge in [-0.25, -0.2) is 4.39 Å². The van der Waals surface area contributed by atoms with Gasteiger partial charge in [0.25, 0.3) is 0 Å². The highest BCUT2D eigenvalue weighted by atomic mass is 19.1. The van der Waals surface area contributed by atoms with Crippen LogP contribution in [0.15, 0.2) is 24.3 Å². The monoisotopic (exact) mass is 252 g/mol. The van der Waals surface area contributed by atoms with E-state index in [1.807, 2.05) is 6.07 Å². The van der Waals surface area contributed by atoms with Gasteiger partial charge in [-0.15, -0.1) is 0 Å². The first-order chi connectivity index (χ1) is 8.76. The lowest BCUT2D eigenvalue weighted by atomic mass is 10.0. The van der Waals surface area contributed by atoms with Crippen LogP contribution in [0, 0.1) is 5.82 Å². The highest BCUT2D eigenvalue weighted by Crippen LogP contribution is 2.33. The fraction of sp³-hybridized carbons (Fsp3) is 0.571. The highest BCUT2D eigenvalue weighted by Gasteiger charge is 2.33. The van der Waals surface area contributed by atoms with Gasteiger partial charge >= 0.3 is 0 Å². The van der Waals surface area contributed by atoms with E-state index < -0.39 is 0 Å². The van der Waals surface area contributed by atoms with E-state index in [9.17, 15) is 4.39 Å². The average molecular weight is 252 g/mol. The van der Waals surface area contributed by atoms with Gasteiger partial charge in [0.15, 0.2) is 0 Å². The van der Waals surface area contributed by atoms with Crippen LogP contribution in [0.25, 0.3) is 0 Å². The molecule has 1 atom stereocenters. The van der Waals surface area contributed by atoms with E-state index in [-0.39, 0.29) is 11.9 Å². The molecule has 0 bridgehead atoms. The van der Waals surface area contributed by atoms with Crippen molar-refractivity contribution in [2.45, 2.75) is 24.9 Å². The van der Waals surface area contributed by atoms with Crippen molar-refractivity contribution < 1.29 is 9.13 Å². The molecule has 18 heavy (non-hydrogen) atoms. The Labute approximate surface area is 108 Å². The molecule has 1 aliphatic carbocycles. The Morgan fingerprint density at radius 1 is 1.50 bits per heavy atom. The number of rotatable bonds is 7. The third kappa shape index (κ3) is 3.28. The van der Waals surface area contributed by atoms with E-state index in [1.54, 1.807) is 19.2 Å². The maximum Gasteiger partial charge on any atom is 0.123 e. The fourth-order valence-corrected chi connectivity index (χ4v) is 2.37. The fourth-order valence-electron chi connectivity index (χ4n) is 2.37. The van der Waals surface area contributed by atoms with Crippen LogP contribution >= 0.6 is 0 Å². The summed E-state index contributed by atoms with van der Waals surface area (Å²) in [6.07, 6.45) is 2.41. The van der Waals surface area contributed by atoms with Crippen molar-refractivity contribution in [2.24, 2.45) is 5.73 Å². The van der Waals surface area contributed by atoms with Crippen molar-refractivity contribution in [3.05, 3.63) is 35.6 Å². The normalized spacial score (nSPS) is 17.1. The predicted molar refractivity (Wildman–Crippen MR) is 69.8 cm³/mol. The molecule has 1 fully saturated rings. The van der Waals surface area contributed by atoms with Gasteiger partial charge in [-0.05, 0) is 30.5 Å². The summed E-state index contributed by atoms with van der Waals surface area (Å²) < 4.78 is 18.5. The van der Waals surface area contributed by atoms with Crippen LogP contribution in [-0.2, 0) is 4.74 Å². The lowest BCUT2D eigenvalue weighted by molar-refractivity contribution is 0.115. The second-order valence-corrected chi connectivity index (χ2v) is 4.77. The minimum Gasteiger partial charge on any atom is -0.383 e.